The number of ether oxygens (including phenoxy) is 1. The summed E-state index contributed by atoms with van der Waals surface area (Å²) in [7, 11) is 1.67. The highest BCUT2D eigenvalue weighted by Gasteiger charge is 2.13. The Hall–Kier alpha value is -2.76. The van der Waals surface area contributed by atoms with E-state index < -0.39 is 6.10 Å². The number of rotatable bonds is 7. The van der Waals surface area contributed by atoms with Crippen molar-refractivity contribution in [3.8, 4) is 17.2 Å². The lowest BCUT2D eigenvalue weighted by atomic mass is 9.98. The number of nitrogens with one attached hydrogen (secondary N) is 1. The van der Waals surface area contributed by atoms with Crippen molar-refractivity contribution in [3.05, 3.63) is 65.7 Å². The van der Waals surface area contributed by atoms with Crippen LogP contribution in [0.2, 0.25) is 0 Å². The van der Waals surface area contributed by atoms with E-state index in [9.17, 15) is 15.3 Å². The van der Waals surface area contributed by atoms with E-state index in [-0.39, 0.29) is 17.5 Å². The molecule has 0 aliphatic rings. The SMILES string of the molecule is COc1ccc(CC(C)NCC(O)c2cc(O)cc(O)c2)c2ccccc12. The molecular weight excluding hydrogens is 342 g/mol. The number of methoxy groups -OCH3 is 1. The average molecular weight is 367 g/mol. The molecule has 0 amide bonds. The Balaban J connectivity index is 1.67. The molecule has 142 valence electrons. The van der Waals surface area contributed by atoms with Crippen LogP contribution < -0.4 is 10.1 Å². The van der Waals surface area contributed by atoms with E-state index in [0.717, 1.165) is 22.9 Å². The fourth-order valence-corrected chi connectivity index (χ4v) is 3.33. The van der Waals surface area contributed by atoms with Crippen molar-refractivity contribution in [1.82, 2.24) is 5.32 Å². The van der Waals surface area contributed by atoms with Crippen LogP contribution in [-0.4, -0.2) is 35.0 Å². The van der Waals surface area contributed by atoms with Crippen LogP contribution in [0.4, 0.5) is 0 Å². The molecule has 0 saturated carbocycles. The second-order valence-corrected chi connectivity index (χ2v) is 6.78. The molecule has 27 heavy (non-hydrogen) atoms. The molecule has 0 radical (unpaired) electrons. The summed E-state index contributed by atoms with van der Waals surface area (Å²) >= 11 is 0. The molecule has 0 heterocycles. The fourth-order valence-electron chi connectivity index (χ4n) is 3.33. The molecule has 5 nitrogen and oxygen atoms in total. The quantitative estimate of drug-likeness (QED) is 0.514. The molecule has 3 aromatic carbocycles. The summed E-state index contributed by atoms with van der Waals surface area (Å²) in [4.78, 5) is 0. The van der Waals surface area contributed by atoms with E-state index in [4.69, 9.17) is 4.74 Å². The minimum Gasteiger partial charge on any atom is -0.508 e. The van der Waals surface area contributed by atoms with Crippen molar-refractivity contribution in [2.75, 3.05) is 13.7 Å². The highest BCUT2D eigenvalue weighted by Crippen LogP contribution is 2.29. The molecule has 0 fully saturated rings. The van der Waals surface area contributed by atoms with Crippen LogP contribution in [0.5, 0.6) is 17.2 Å². The van der Waals surface area contributed by atoms with Crippen LogP contribution >= 0.6 is 0 Å². The summed E-state index contributed by atoms with van der Waals surface area (Å²) < 4.78 is 5.45. The van der Waals surface area contributed by atoms with Gasteiger partial charge in [0, 0.05) is 24.0 Å². The Kier molecular flexibility index (Phi) is 5.84. The van der Waals surface area contributed by atoms with Crippen molar-refractivity contribution >= 4 is 10.8 Å². The normalized spacial score (nSPS) is 13.4. The minimum absolute atomic E-state index is 0.0678. The molecule has 2 atom stereocenters. The maximum absolute atomic E-state index is 10.3. The first-order valence-corrected chi connectivity index (χ1v) is 8.97. The van der Waals surface area contributed by atoms with Gasteiger partial charge in [0.15, 0.2) is 0 Å². The van der Waals surface area contributed by atoms with E-state index >= 15 is 0 Å². The number of phenols is 2. The van der Waals surface area contributed by atoms with Crippen molar-refractivity contribution in [1.29, 1.82) is 0 Å². The summed E-state index contributed by atoms with van der Waals surface area (Å²) in [6.45, 7) is 2.38. The van der Waals surface area contributed by atoms with Crippen LogP contribution in [0.25, 0.3) is 10.8 Å². The number of phenolic OH excluding ortho intramolecular Hbond substituents is 2. The van der Waals surface area contributed by atoms with Crippen molar-refractivity contribution < 1.29 is 20.1 Å². The molecule has 0 bridgehead atoms. The summed E-state index contributed by atoms with van der Waals surface area (Å²) in [5.74, 6) is 0.720. The summed E-state index contributed by atoms with van der Waals surface area (Å²) in [5.41, 5.74) is 1.68. The Morgan fingerprint density at radius 3 is 2.30 bits per heavy atom. The van der Waals surface area contributed by atoms with Crippen LogP contribution in [0.1, 0.15) is 24.2 Å². The van der Waals surface area contributed by atoms with Gasteiger partial charge in [-0.15, -0.1) is 0 Å². The van der Waals surface area contributed by atoms with Gasteiger partial charge in [-0.05, 0) is 48.1 Å². The van der Waals surface area contributed by atoms with Gasteiger partial charge in [-0.1, -0.05) is 30.3 Å². The lowest BCUT2D eigenvalue weighted by Crippen LogP contribution is -2.32. The first kappa shape index (κ1) is 19.0. The average Bonchev–Trinajstić information content (AvgIpc) is 2.65. The van der Waals surface area contributed by atoms with Gasteiger partial charge in [-0.3, -0.25) is 0 Å². The van der Waals surface area contributed by atoms with Gasteiger partial charge >= 0.3 is 0 Å². The zero-order chi connectivity index (χ0) is 19.4. The zero-order valence-electron chi connectivity index (χ0n) is 15.5. The van der Waals surface area contributed by atoms with Crippen LogP contribution in [0.3, 0.4) is 0 Å². The zero-order valence-corrected chi connectivity index (χ0v) is 15.5. The highest BCUT2D eigenvalue weighted by atomic mass is 16.5. The van der Waals surface area contributed by atoms with Gasteiger partial charge in [0.1, 0.15) is 17.2 Å². The molecule has 0 aromatic heterocycles. The van der Waals surface area contributed by atoms with Gasteiger partial charge in [-0.2, -0.15) is 0 Å². The molecule has 0 spiro atoms. The smallest absolute Gasteiger partial charge is 0.126 e. The first-order valence-electron chi connectivity index (χ1n) is 8.97. The van der Waals surface area contributed by atoms with Crippen LogP contribution in [-0.2, 0) is 6.42 Å². The topological polar surface area (TPSA) is 82.0 Å². The second-order valence-electron chi connectivity index (χ2n) is 6.78. The largest absolute Gasteiger partial charge is 0.508 e. The van der Waals surface area contributed by atoms with Crippen molar-refractivity contribution in [3.63, 3.8) is 0 Å². The lowest BCUT2D eigenvalue weighted by molar-refractivity contribution is 0.170. The van der Waals surface area contributed by atoms with Crippen LogP contribution in [0.15, 0.2) is 54.6 Å². The van der Waals surface area contributed by atoms with E-state index in [0.29, 0.717) is 12.1 Å². The van der Waals surface area contributed by atoms with Crippen molar-refractivity contribution in [2.45, 2.75) is 25.5 Å². The van der Waals surface area contributed by atoms with E-state index in [1.54, 1.807) is 7.11 Å². The van der Waals surface area contributed by atoms with Crippen LogP contribution in [0, 0.1) is 0 Å². The predicted octanol–water partition coefficient (Wildman–Crippen LogP) is 3.51. The molecule has 5 heteroatoms. The molecule has 0 saturated heterocycles. The molecule has 4 N–H and O–H groups in total. The van der Waals surface area contributed by atoms with E-state index in [2.05, 4.69) is 24.4 Å². The van der Waals surface area contributed by atoms with Gasteiger partial charge in [0.05, 0.1) is 13.2 Å². The maximum Gasteiger partial charge on any atom is 0.126 e. The lowest BCUT2D eigenvalue weighted by Gasteiger charge is -2.19. The Bertz CT molecular complexity index is 905. The predicted molar refractivity (Wildman–Crippen MR) is 106 cm³/mol. The summed E-state index contributed by atoms with van der Waals surface area (Å²) in [5, 5.41) is 35.0. The van der Waals surface area contributed by atoms with Crippen molar-refractivity contribution in [2.24, 2.45) is 0 Å². The Morgan fingerprint density at radius 2 is 1.63 bits per heavy atom. The monoisotopic (exact) mass is 367 g/mol. The summed E-state index contributed by atoms with van der Waals surface area (Å²) in [6.07, 6.45) is -0.0271. The fraction of sp³-hybridized carbons (Fsp3) is 0.273. The van der Waals surface area contributed by atoms with Gasteiger partial charge in [-0.25, -0.2) is 0 Å². The number of aromatic hydroxyl groups is 2. The Labute approximate surface area is 158 Å². The third-order valence-corrected chi connectivity index (χ3v) is 4.69. The number of fused-ring (bicyclic) bond motifs is 1. The second kappa shape index (κ2) is 8.29. The molecule has 0 aliphatic heterocycles. The summed E-state index contributed by atoms with van der Waals surface area (Å²) in [6, 6.07) is 16.5. The molecule has 3 rings (SSSR count). The number of aliphatic hydroxyl groups is 1. The highest BCUT2D eigenvalue weighted by molar-refractivity contribution is 5.91. The molecular formula is C22H25NO4. The number of hydrogen-bond donors (Lipinski definition) is 4. The van der Waals surface area contributed by atoms with E-state index in [1.807, 2.05) is 24.3 Å². The Morgan fingerprint density at radius 1 is 0.963 bits per heavy atom. The van der Waals surface area contributed by atoms with Gasteiger partial charge in [0.2, 0.25) is 0 Å². The molecule has 2 unspecified atom stereocenters. The number of aliphatic hydroxyl groups excluding tert-OH is 1. The standard InChI is InChI=1S/C22H25NO4/c1-14(23-13-21(26)16-10-17(24)12-18(25)11-16)9-15-7-8-22(27-2)20-6-4-3-5-19(15)20/h3-8,10-12,14,21,23-26H,9,13H2,1-2H3. The van der Waals surface area contributed by atoms with E-state index in [1.165, 1.54) is 23.8 Å². The molecule has 0 aliphatic carbocycles. The number of benzene rings is 3. The molecule has 3 aromatic rings. The maximum atomic E-state index is 10.3. The third kappa shape index (κ3) is 4.51. The third-order valence-electron chi connectivity index (χ3n) is 4.69. The number of hydrogen-bond acceptors (Lipinski definition) is 5. The van der Waals surface area contributed by atoms with Gasteiger partial charge in [0.25, 0.3) is 0 Å². The first-order chi connectivity index (χ1) is 13.0. The minimum atomic E-state index is -0.821. The van der Waals surface area contributed by atoms with Gasteiger partial charge < -0.3 is 25.4 Å².